The van der Waals surface area contributed by atoms with E-state index in [1.54, 1.807) is 47.4 Å². The van der Waals surface area contributed by atoms with Gasteiger partial charge in [0.25, 0.3) is 10.0 Å². The molecule has 0 fully saturated rings. The molecule has 0 spiro atoms. The smallest absolute Gasteiger partial charge is 0.261 e. The molecule has 1 aromatic rings. The Morgan fingerprint density at radius 1 is 1.19 bits per heavy atom. The zero-order valence-corrected chi connectivity index (χ0v) is 20.2. The molecular weight excluding hydrogens is 450 g/mol. The number of sulfonamides is 1. The number of hydrogen-bond acceptors (Lipinski definition) is 6. The highest BCUT2D eigenvalue weighted by atomic mass is 32.2. The number of aromatic nitrogens is 2. The minimum absolute atomic E-state index is 0.0935. The molecule has 31 heavy (non-hydrogen) atoms. The maximum absolute atomic E-state index is 13.0. The number of aryl methyl sites for hydroxylation is 2. The monoisotopic (exact) mass is 475 g/mol. The quantitative estimate of drug-likeness (QED) is 0.405. The van der Waals surface area contributed by atoms with Gasteiger partial charge >= 0.3 is 5.69 Å². The third-order valence-electron chi connectivity index (χ3n) is 5.52. The Kier molecular flexibility index (Phi) is 6.27. The molecular formula is C22H25N3O3S3. The minimum atomic E-state index is -3.86. The van der Waals surface area contributed by atoms with Crippen molar-refractivity contribution in [3.63, 3.8) is 0 Å². The molecule has 1 atom stereocenters. The number of benzene rings is 1. The molecule has 2 aliphatic heterocycles. The van der Waals surface area contributed by atoms with E-state index >= 15 is 0 Å². The van der Waals surface area contributed by atoms with Crippen LogP contribution in [0.2, 0.25) is 0 Å². The second kappa shape index (κ2) is 8.80. The number of imidazole rings is 1. The van der Waals surface area contributed by atoms with Crippen LogP contribution >= 0.6 is 23.1 Å². The van der Waals surface area contributed by atoms with Crippen molar-refractivity contribution in [1.82, 2.24) is 9.55 Å². The normalized spacial score (nSPS) is 16.7. The number of hydrogen-bond donors (Lipinski definition) is 1. The summed E-state index contributed by atoms with van der Waals surface area (Å²) in [5.41, 5.74) is 1.83. The Hall–Kier alpha value is -2.10. The first kappa shape index (κ1) is 22.1. The van der Waals surface area contributed by atoms with Crippen molar-refractivity contribution < 1.29 is 8.42 Å². The van der Waals surface area contributed by atoms with Gasteiger partial charge in [-0.3, -0.25) is 9.29 Å². The highest BCUT2D eigenvalue weighted by Crippen LogP contribution is 2.40. The van der Waals surface area contributed by atoms with Crippen molar-refractivity contribution in [2.24, 2.45) is 5.92 Å². The first-order valence-corrected chi connectivity index (χ1v) is 13.4. The fourth-order valence-corrected chi connectivity index (χ4v) is 7.23. The maximum atomic E-state index is 13.0. The summed E-state index contributed by atoms with van der Waals surface area (Å²) in [6, 6.07) is 6.60. The Bertz CT molecular complexity index is 1260. The van der Waals surface area contributed by atoms with Gasteiger partial charge in [-0.05, 0) is 58.1 Å². The topological polar surface area (TPSA) is 81.1 Å². The molecule has 2 heterocycles. The van der Waals surface area contributed by atoms with Crippen LogP contribution in [0, 0.1) is 26.7 Å². The van der Waals surface area contributed by atoms with Gasteiger partial charge in [0.15, 0.2) is 5.82 Å². The first-order valence-electron chi connectivity index (χ1n) is 10.2. The number of fused-ring (bicyclic) bond motifs is 1. The third kappa shape index (κ3) is 4.58. The summed E-state index contributed by atoms with van der Waals surface area (Å²) in [7, 11) is -3.86. The third-order valence-corrected chi connectivity index (χ3v) is 9.55. The Morgan fingerprint density at radius 2 is 1.94 bits per heavy atom. The van der Waals surface area contributed by atoms with Gasteiger partial charge in [0.2, 0.25) is 0 Å². The molecule has 164 valence electrons. The van der Waals surface area contributed by atoms with Gasteiger partial charge in [-0.25, -0.2) is 13.2 Å². The second-order valence-corrected chi connectivity index (χ2v) is 12.0. The lowest BCUT2D eigenvalue weighted by Crippen LogP contribution is -2.17. The van der Waals surface area contributed by atoms with Gasteiger partial charge in [-0.2, -0.15) is 4.98 Å². The predicted octanol–water partition coefficient (Wildman–Crippen LogP) is 4.91. The summed E-state index contributed by atoms with van der Waals surface area (Å²) in [5, 5.41) is 0. The molecule has 0 bridgehead atoms. The molecule has 0 radical (unpaired) electrons. The molecule has 4 rings (SSSR count). The molecule has 0 aromatic heterocycles. The van der Waals surface area contributed by atoms with Crippen molar-refractivity contribution in [3.05, 3.63) is 63.0 Å². The van der Waals surface area contributed by atoms with E-state index < -0.39 is 15.7 Å². The summed E-state index contributed by atoms with van der Waals surface area (Å²) >= 11 is 3.26. The lowest BCUT2D eigenvalue weighted by atomic mass is 9.97. The van der Waals surface area contributed by atoms with E-state index in [0.717, 1.165) is 45.4 Å². The summed E-state index contributed by atoms with van der Waals surface area (Å²) in [5.74, 6) is 1.59. The predicted molar refractivity (Wildman–Crippen MR) is 128 cm³/mol. The molecule has 1 aliphatic carbocycles. The van der Waals surface area contributed by atoms with Crippen LogP contribution in [-0.4, -0.2) is 23.7 Å². The number of nitrogens with zero attached hydrogens (tertiary/aromatic N) is 2. The number of allylic oxidation sites excluding steroid dienone is 2. The molecule has 0 saturated carbocycles. The van der Waals surface area contributed by atoms with Crippen molar-refractivity contribution in [1.29, 1.82) is 0 Å². The van der Waals surface area contributed by atoms with E-state index in [1.165, 1.54) is 4.57 Å². The molecule has 1 unspecified atom stereocenters. The van der Waals surface area contributed by atoms with Crippen LogP contribution in [0.1, 0.15) is 35.4 Å². The SMILES string of the molecule is Cc1ccc(S(=O)(=O)Nc2nc(=O)n3c(C)c(C)sc(SCC4CC=CCC4)c2-3)cc1. The number of thioether (sulfide) groups is 1. The molecule has 1 aromatic carbocycles. The summed E-state index contributed by atoms with van der Waals surface area (Å²) in [4.78, 5) is 17.9. The molecule has 3 aliphatic rings. The van der Waals surface area contributed by atoms with Crippen LogP contribution in [0.5, 0.6) is 0 Å². The summed E-state index contributed by atoms with van der Waals surface area (Å²) in [6.07, 6.45) is 7.74. The minimum Gasteiger partial charge on any atom is -0.261 e. The van der Waals surface area contributed by atoms with E-state index in [9.17, 15) is 13.2 Å². The van der Waals surface area contributed by atoms with E-state index in [0.29, 0.717) is 11.6 Å². The summed E-state index contributed by atoms with van der Waals surface area (Å²) < 4.78 is 30.9. The van der Waals surface area contributed by atoms with Crippen LogP contribution < -0.4 is 10.4 Å². The highest BCUT2D eigenvalue weighted by molar-refractivity contribution is 8.01. The number of rotatable bonds is 6. The van der Waals surface area contributed by atoms with Crippen molar-refractivity contribution >= 4 is 38.9 Å². The zero-order chi connectivity index (χ0) is 22.2. The van der Waals surface area contributed by atoms with Crippen molar-refractivity contribution in [2.75, 3.05) is 10.5 Å². The molecule has 6 nitrogen and oxygen atoms in total. The Labute approximate surface area is 190 Å². The van der Waals surface area contributed by atoms with Gasteiger partial charge in [0, 0.05) is 16.3 Å². The lowest BCUT2D eigenvalue weighted by molar-refractivity contribution is 0.536. The average Bonchev–Trinajstić information content (AvgIpc) is 3.06. The van der Waals surface area contributed by atoms with Crippen LogP contribution in [-0.2, 0) is 10.0 Å². The van der Waals surface area contributed by atoms with Gasteiger partial charge < -0.3 is 0 Å². The fourth-order valence-electron chi connectivity index (χ4n) is 3.59. The van der Waals surface area contributed by atoms with Gasteiger partial charge in [0.1, 0.15) is 5.69 Å². The molecule has 1 N–H and O–H groups in total. The molecule has 0 amide bonds. The van der Waals surface area contributed by atoms with Crippen molar-refractivity contribution in [3.8, 4) is 5.69 Å². The van der Waals surface area contributed by atoms with Gasteiger partial charge in [-0.15, -0.1) is 23.1 Å². The van der Waals surface area contributed by atoms with Crippen LogP contribution in [0.15, 0.2) is 50.3 Å². The summed E-state index contributed by atoms with van der Waals surface area (Å²) in [6.45, 7) is 5.73. The number of nitrogens with one attached hydrogen (secondary N) is 1. The molecule has 9 heteroatoms. The lowest BCUT2D eigenvalue weighted by Gasteiger charge is -2.19. The van der Waals surface area contributed by atoms with E-state index in [4.69, 9.17) is 0 Å². The maximum Gasteiger partial charge on any atom is 0.354 e. The van der Waals surface area contributed by atoms with E-state index in [2.05, 4.69) is 21.9 Å². The average molecular weight is 476 g/mol. The van der Waals surface area contributed by atoms with E-state index in [-0.39, 0.29) is 10.7 Å². The standard InChI is InChI=1S/C22H25N3O3S3/c1-14-9-11-18(12-10-14)31(27,28)24-20-19-21(29-13-17-7-5-4-6-8-17)30-16(3)15(2)25(19)22(26)23-20/h4-5,9-12,17H,6-8,13H2,1-3H3,(H,23,24,26). The largest absolute Gasteiger partial charge is 0.354 e. The Balaban J connectivity index is 1.72. The number of anilines is 1. The Morgan fingerprint density at radius 3 is 2.61 bits per heavy atom. The van der Waals surface area contributed by atoms with Crippen molar-refractivity contribution in [2.45, 2.75) is 49.1 Å². The first-order chi connectivity index (χ1) is 14.8. The van der Waals surface area contributed by atoms with Crippen LogP contribution in [0.3, 0.4) is 0 Å². The van der Waals surface area contributed by atoms with Crippen LogP contribution in [0.4, 0.5) is 5.82 Å². The van der Waals surface area contributed by atoms with Gasteiger partial charge in [0.05, 0.1) is 9.10 Å². The molecule has 0 saturated heterocycles. The van der Waals surface area contributed by atoms with Gasteiger partial charge in [-0.1, -0.05) is 29.8 Å². The van der Waals surface area contributed by atoms with E-state index in [1.807, 2.05) is 20.8 Å². The zero-order valence-electron chi connectivity index (χ0n) is 17.7. The highest BCUT2D eigenvalue weighted by Gasteiger charge is 2.27. The fraction of sp³-hybridized carbons (Fsp3) is 0.364. The van der Waals surface area contributed by atoms with Crippen LogP contribution in [0.25, 0.3) is 5.69 Å². The second-order valence-electron chi connectivity index (χ2n) is 7.84.